The van der Waals surface area contributed by atoms with Crippen LogP contribution in [0.1, 0.15) is 5.69 Å². The molecule has 0 amide bonds. The van der Waals surface area contributed by atoms with Gasteiger partial charge in [-0.25, -0.2) is 9.67 Å². The highest BCUT2D eigenvalue weighted by atomic mass is 35.5. The van der Waals surface area contributed by atoms with Gasteiger partial charge in [0, 0.05) is 6.20 Å². The van der Waals surface area contributed by atoms with Gasteiger partial charge in [0.1, 0.15) is 0 Å². The van der Waals surface area contributed by atoms with Gasteiger partial charge < -0.3 is 5.32 Å². The molecule has 124 valence electrons. The highest BCUT2D eigenvalue weighted by Crippen LogP contribution is 2.27. The molecule has 0 bridgehead atoms. The SMILES string of the molecule is FC(F)(F)c1ccc(Nc2cnn(-c3ncc(Cl)cc3Cl)c2)nn1. The van der Waals surface area contributed by atoms with E-state index in [4.69, 9.17) is 23.2 Å². The Hall–Kier alpha value is -2.39. The summed E-state index contributed by atoms with van der Waals surface area (Å²) in [5.74, 6) is 0.491. The van der Waals surface area contributed by atoms with E-state index in [-0.39, 0.29) is 5.82 Å². The minimum atomic E-state index is -4.53. The Labute approximate surface area is 143 Å². The maximum Gasteiger partial charge on any atom is 0.435 e. The molecule has 3 heterocycles. The Kier molecular flexibility index (Phi) is 4.29. The summed E-state index contributed by atoms with van der Waals surface area (Å²) < 4.78 is 38.7. The van der Waals surface area contributed by atoms with Gasteiger partial charge in [-0.05, 0) is 18.2 Å². The van der Waals surface area contributed by atoms with E-state index in [1.54, 1.807) is 6.20 Å². The van der Waals surface area contributed by atoms with Crippen LogP contribution in [0.5, 0.6) is 0 Å². The Balaban J connectivity index is 1.79. The number of nitrogens with zero attached hydrogens (tertiary/aromatic N) is 5. The van der Waals surface area contributed by atoms with Crippen molar-refractivity contribution in [1.82, 2.24) is 25.0 Å². The van der Waals surface area contributed by atoms with Crippen molar-refractivity contribution >= 4 is 34.7 Å². The smallest absolute Gasteiger partial charge is 0.336 e. The van der Waals surface area contributed by atoms with Crippen molar-refractivity contribution in [2.24, 2.45) is 0 Å². The number of alkyl halides is 3. The van der Waals surface area contributed by atoms with Crippen LogP contribution in [0.3, 0.4) is 0 Å². The minimum Gasteiger partial charge on any atom is -0.336 e. The number of hydrogen-bond acceptors (Lipinski definition) is 5. The van der Waals surface area contributed by atoms with Crippen LogP contribution in [0.2, 0.25) is 10.0 Å². The molecule has 0 aromatic carbocycles. The Morgan fingerprint density at radius 2 is 1.88 bits per heavy atom. The van der Waals surface area contributed by atoms with E-state index >= 15 is 0 Å². The molecule has 3 aromatic rings. The fourth-order valence-electron chi connectivity index (χ4n) is 1.78. The third kappa shape index (κ3) is 3.57. The first-order valence-electron chi connectivity index (χ1n) is 6.37. The second kappa shape index (κ2) is 6.25. The lowest BCUT2D eigenvalue weighted by atomic mass is 10.4. The maximum atomic E-state index is 12.4. The van der Waals surface area contributed by atoms with Crippen molar-refractivity contribution < 1.29 is 13.2 Å². The van der Waals surface area contributed by atoms with Crippen molar-refractivity contribution in [2.45, 2.75) is 6.18 Å². The van der Waals surface area contributed by atoms with Gasteiger partial charge in [0.15, 0.2) is 17.3 Å². The lowest BCUT2D eigenvalue weighted by Crippen LogP contribution is -2.09. The molecule has 3 rings (SSSR count). The first-order valence-corrected chi connectivity index (χ1v) is 7.12. The molecule has 0 spiro atoms. The molecule has 0 saturated carbocycles. The van der Waals surface area contributed by atoms with Crippen molar-refractivity contribution in [1.29, 1.82) is 0 Å². The summed E-state index contributed by atoms with van der Waals surface area (Å²) >= 11 is 11.8. The number of rotatable bonds is 3. The Morgan fingerprint density at radius 1 is 1.08 bits per heavy atom. The summed E-state index contributed by atoms with van der Waals surface area (Å²) in [4.78, 5) is 4.06. The Bertz CT molecular complexity index is 863. The van der Waals surface area contributed by atoms with Gasteiger partial charge in [-0.2, -0.15) is 18.3 Å². The van der Waals surface area contributed by atoms with Gasteiger partial charge in [0.25, 0.3) is 0 Å². The molecule has 0 radical (unpaired) electrons. The predicted molar refractivity (Wildman–Crippen MR) is 81.7 cm³/mol. The average molecular weight is 375 g/mol. The second-order valence-electron chi connectivity index (χ2n) is 4.56. The third-order valence-corrected chi connectivity index (χ3v) is 3.30. The fraction of sp³-hybridized carbons (Fsp3) is 0.0769. The summed E-state index contributed by atoms with van der Waals surface area (Å²) in [6.07, 6.45) is -0.139. The van der Waals surface area contributed by atoms with Crippen LogP contribution in [-0.4, -0.2) is 25.0 Å². The molecular formula is C13H7Cl2F3N6. The molecule has 3 aromatic heterocycles. The zero-order valence-electron chi connectivity index (χ0n) is 11.6. The van der Waals surface area contributed by atoms with Gasteiger partial charge >= 0.3 is 6.18 Å². The number of anilines is 2. The van der Waals surface area contributed by atoms with Crippen LogP contribution in [-0.2, 0) is 6.18 Å². The van der Waals surface area contributed by atoms with E-state index in [0.29, 0.717) is 21.6 Å². The minimum absolute atomic E-state index is 0.137. The highest BCUT2D eigenvalue weighted by molar-refractivity contribution is 6.35. The zero-order valence-corrected chi connectivity index (χ0v) is 13.1. The maximum absolute atomic E-state index is 12.4. The van der Waals surface area contributed by atoms with E-state index in [9.17, 15) is 13.2 Å². The molecule has 0 atom stereocenters. The quantitative estimate of drug-likeness (QED) is 0.746. The van der Waals surface area contributed by atoms with Gasteiger partial charge in [0.05, 0.1) is 28.1 Å². The molecule has 0 fully saturated rings. The van der Waals surface area contributed by atoms with Crippen LogP contribution in [0.15, 0.2) is 36.8 Å². The summed E-state index contributed by atoms with van der Waals surface area (Å²) in [7, 11) is 0. The van der Waals surface area contributed by atoms with Gasteiger partial charge in [-0.15, -0.1) is 10.2 Å². The molecule has 0 unspecified atom stereocenters. The number of pyridine rings is 1. The summed E-state index contributed by atoms with van der Waals surface area (Å²) in [6, 6.07) is 3.51. The van der Waals surface area contributed by atoms with Crippen LogP contribution in [0.4, 0.5) is 24.7 Å². The number of halogens is 5. The van der Waals surface area contributed by atoms with E-state index < -0.39 is 11.9 Å². The lowest BCUT2D eigenvalue weighted by molar-refractivity contribution is -0.141. The fourth-order valence-corrected chi connectivity index (χ4v) is 2.24. The van der Waals surface area contributed by atoms with Crippen molar-refractivity contribution in [2.75, 3.05) is 5.32 Å². The van der Waals surface area contributed by atoms with Gasteiger partial charge in [0.2, 0.25) is 0 Å². The van der Waals surface area contributed by atoms with E-state index in [0.717, 1.165) is 6.07 Å². The predicted octanol–water partition coefficient (Wildman–Crippen LogP) is 4.13. The largest absolute Gasteiger partial charge is 0.435 e. The van der Waals surface area contributed by atoms with Gasteiger partial charge in [-0.1, -0.05) is 23.2 Å². The third-order valence-electron chi connectivity index (χ3n) is 2.82. The van der Waals surface area contributed by atoms with E-state index in [2.05, 4.69) is 25.6 Å². The van der Waals surface area contributed by atoms with Crippen LogP contribution in [0.25, 0.3) is 5.82 Å². The first kappa shape index (κ1) is 16.5. The summed E-state index contributed by atoms with van der Waals surface area (Å²) in [5, 5.41) is 14.1. The van der Waals surface area contributed by atoms with E-state index in [1.807, 2.05) is 0 Å². The molecule has 6 nitrogen and oxygen atoms in total. The van der Waals surface area contributed by atoms with Gasteiger partial charge in [-0.3, -0.25) is 0 Å². The average Bonchev–Trinajstić information content (AvgIpc) is 2.95. The zero-order chi connectivity index (χ0) is 17.3. The molecule has 1 N–H and O–H groups in total. The molecule has 0 aliphatic carbocycles. The van der Waals surface area contributed by atoms with Crippen LogP contribution < -0.4 is 5.32 Å². The molecule has 11 heteroatoms. The van der Waals surface area contributed by atoms with Crippen molar-refractivity contribution in [3.63, 3.8) is 0 Å². The highest BCUT2D eigenvalue weighted by Gasteiger charge is 2.32. The first-order chi connectivity index (χ1) is 11.3. The second-order valence-corrected chi connectivity index (χ2v) is 5.40. The monoisotopic (exact) mass is 374 g/mol. The van der Waals surface area contributed by atoms with Crippen molar-refractivity contribution in [3.8, 4) is 5.82 Å². The summed E-state index contributed by atoms with van der Waals surface area (Å²) in [6.45, 7) is 0. The molecule has 0 aliphatic rings. The normalized spacial score (nSPS) is 11.5. The number of aromatic nitrogens is 5. The molecule has 0 aliphatic heterocycles. The summed E-state index contributed by atoms with van der Waals surface area (Å²) in [5.41, 5.74) is -0.599. The lowest BCUT2D eigenvalue weighted by Gasteiger charge is -2.06. The van der Waals surface area contributed by atoms with Crippen molar-refractivity contribution in [3.05, 3.63) is 52.5 Å². The topological polar surface area (TPSA) is 68.5 Å². The standard InChI is InChI=1S/C13H7Cl2F3N6/c14-7-3-9(15)12(19-4-7)24-6-8(5-20-24)21-11-2-1-10(22-23-11)13(16,17)18/h1-6H,(H,21,23). The molecular weight excluding hydrogens is 368 g/mol. The van der Waals surface area contributed by atoms with Crippen LogP contribution in [0, 0.1) is 0 Å². The van der Waals surface area contributed by atoms with E-state index in [1.165, 1.54) is 29.2 Å². The Morgan fingerprint density at radius 3 is 2.50 bits per heavy atom. The molecule has 24 heavy (non-hydrogen) atoms. The number of hydrogen-bond donors (Lipinski definition) is 1. The van der Waals surface area contributed by atoms with Crippen LogP contribution >= 0.6 is 23.2 Å². The number of nitrogens with one attached hydrogen (secondary N) is 1. The molecule has 0 saturated heterocycles.